The summed E-state index contributed by atoms with van der Waals surface area (Å²) in [5.41, 5.74) is 13.1. The van der Waals surface area contributed by atoms with Crippen LogP contribution in [0.4, 0.5) is 32.3 Å². The molecule has 0 unspecified atom stereocenters. The number of aromatic hydroxyl groups is 4. The summed E-state index contributed by atoms with van der Waals surface area (Å²) in [7, 11) is 5.83. The molecular formula is C66H96N6O18. The zero-order valence-corrected chi connectivity index (χ0v) is 54.0. The Bertz CT molecular complexity index is 2780. The second-order valence-corrected chi connectivity index (χ2v) is 23.0. The van der Waals surface area contributed by atoms with E-state index in [1.807, 2.05) is 13.8 Å². The first-order valence-corrected chi connectivity index (χ1v) is 30.2. The highest BCUT2D eigenvalue weighted by atomic mass is 16.6. The number of primary amides is 2. The summed E-state index contributed by atoms with van der Waals surface area (Å²) in [5, 5.41) is 74.6. The molecule has 0 saturated carbocycles. The first-order chi connectivity index (χ1) is 42.8. The van der Waals surface area contributed by atoms with Crippen LogP contribution in [0.15, 0.2) is 93.0 Å². The number of unbranched alkanes of at least 4 members (excludes halogenated alkanes) is 1. The van der Waals surface area contributed by atoms with Crippen molar-refractivity contribution in [1.29, 1.82) is 0 Å². The molecule has 0 saturated heterocycles. The van der Waals surface area contributed by atoms with Crippen molar-refractivity contribution in [2.45, 2.75) is 156 Å². The molecule has 12 N–H and O–H groups in total. The van der Waals surface area contributed by atoms with E-state index in [2.05, 4.69) is 20.6 Å². The van der Waals surface area contributed by atoms with Gasteiger partial charge in [-0.25, -0.2) is 9.59 Å². The van der Waals surface area contributed by atoms with Gasteiger partial charge in [-0.3, -0.25) is 19.6 Å². The van der Waals surface area contributed by atoms with Crippen LogP contribution in [0, 0.1) is 23.7 Å². The van der Waals surface area contributed by atoms with Gasteiger partial charge in [0, 0.05) is 113 Å². The number of nitrogens with two attached hydrogens (primary N) is 2. The van der Waals surface area contributed by atoms with Crippen molar-refractivity contribution in [3.8, 4) is 23.0 Å². The van der Waals surface area contributed by atoms with Gasteiger partial charge >= 0.3 is 12.2 Å². The lowest BCUT2D eigenvalue weighted by Crippen LogP contribution is -2.37. The standard InChI is InChI=1S/C66H96N6O18/c1-37-29-45-55(49(73)35-47(59(45)77)71-63(79)39(3)19-15-21-51(83-9)61(89-65(67)81)43(7)33-41(5)57(75)53(31-37)85-11)69-23-17-27-87-25-13-14-26-88-28-18-24-70-56-46-30-38(2)32-54(86-12)58(76)42(6)34-44(8)62(90-66(68)82)52(84-10)22-16-20-40(4)64(80)72-48(60(46)78)36-50(56)74/h15-16,19-24,33-38,41-42,51-54,57-58,61-62,73-78H,13-14,17-18,25-32H2,1-12H3,(H2,67,81)(H2,68,82)(H,71,79)(H,72,80)/t37-,38-,41+,42+,51+,52+,53+,54+,57-,58-,61+,62+/m1/s1. The molecule has 0 aliphatic carbocycles. The molecule has 90 heavy (non-hydrogen) atoms. The number of methoxy groups -OCH3 is 4. The van der Waals surface area contributed by atoms with Gasteiger partial charge < -0.3 is 90.6 Å². The van der Waals surface area contributed by atoms with Crippen molar-refractivity contribution in [3.05, 3.63) is 94.2 Å². The molecule has 4 amide bonds. The molecule has 4 rings (SSSR count). The number of ether oxygens (including phenoxy) is 8. The fourth-order valence-electron chi connectivity index (χ4n) is 10.7. The van der Waals surface area contributed by atoms with E-state index >= 15 is 0 Å². The van der Waals surface area contributed by atoms with E-state index in [1.54, 1.807) is 90.4 Å². The van der Waals surface area contributed by atoms with Gasteiger partial charge in [0.1, 0.15) is 46.6 Å². The Morgan fingerprint density at radius 1 is 0.589 bits per heavy atom. The van der Waals surface area contributed by atoms with Crippen LogP contribution < -0.4 is 22.1 Å². The molecule has 0 fully saturated rings. The number of carbonyl (C=O) groups excluding carboxylic acids is 4. The summed E-state index contributed by atoms with van der Waals surface area (Å²) in [6.07, 6.45) is 10.0. The number of phenolic OH excluding ortho intramolecular Hbond substituents is 4. The molecule has 2 aromatic rings. The van der Waals surface area contributed by atoms with Crippen molar-refractivity contribution in [1.82, 2.24) is 0 Å². The maximum Gasteiger partial charge on any atom is 0.405 e. The van der Waals surface area contributed by atoms with Gasteiger partial charge in [0.15, 0.2) is 12.2 Å². The van der Waals surface area contributed by atoms with Crippen LogP contribution >= 0.6 is 0 Å². The van der Waals surface area contributed by atoms with Crippen LogP contribution in [0.3, 0.4) is 0 Å². The number of hydrogen-bond donors (Lipinski definition) is 10. The quantitative estimate of drug-likeness (QED) is 0.0206. The Morgan fingerprint density at radius 2 is 0.956 bits per heavy atom. The SMILES string of the molecule is CO[C@H]1C=CC=C(C)C(=O)Nc2cc(O)c(N=CCCOCCCCOCCC=Nc3c(O)cc4c(O)c3C[C@@H](C)C[C@H](OC)[C@H](O)[C@@H](C)C=C(C)[C@H](OC(N)=O)[C@@H](OC)C=CC=C(C)C(=O)N4)c(c2O)C[C@@H](C)C[C@H](OC)[C@H](O)[C@@H](C)C=C(C)[C@@H]1OC(N)=O. The summed E-state index contributed by atoms with van der Waals surface area (Å²) in [4.78, 5) is 59.9. The highest BCUT2D eigenvalue weighted by Gasteiger charge is 2.33. The second kappa shape index (κ2) is 37.7. The third-order valence-electron chi connectivity index (χ3n) is 15.7. The number of hydrogen-bond acceptors (Lipinski definition) is 20. The number of rotatable bonds is 19. The zero-order valence-electron chi connectivity index (χ0n) is 54.0. The molecule has 0 spiro atoms. The van der Waals surface area contributed by atoms with Gasteiger partial charge in [0.2, 0.25) is 0 Å². The van der Waals surface area contributed by atoms with E-state index in [4.69, 9.17) is 49.4 Å². The Hall–Kier alpha value is -7.42. The van der Waals surface area contributed by atoms with Crippen molar-refractivity contribution in [3.63, 3.8) is 0 Å². The predicted octanol–water partition coefficient (Wildman–Crippen LogP) is 9.13. The predicted molar refractivity (Wildman–Crippen MR) is 344 cm³/mol. The Balaban J connectivity index is 1.39. The molecule has 2 aliphatic rings. The normalized spacial score (nSPS) is 25.7. The maximum absolute atomic E-state index is 13.4. The number of amides is 4. The summed E-state index contributed by atoms with van der Waals surface area (Å²) >= 11 is 0. The number of carbonyl (C=O) groups is 4. The van der Waals surface area contributed by atoms with Crippen molar-refractivity contribution in [2.24, 2.45) is 45.1 Å². The smallest absolute Gasteiger partial charge is 0.405 e. The van der Waals surface area contributed by atoms with Crippen LogP contribution in [0.2, 0.25) is 0 Å². The van der Waals surface area contributed by atoms with Crippen molar-refractivity contribution < 1.29 is 87.7 Å². The molecule has 0 radical (unpaired) electrons. The lowest BCUT2D eigenvalue weighted by atomic mass is 9.87. The Labute approximate surface area is 528 Å². The monoisotopic (exact) mass is 1260 g/mol. The minimum atomic E-state index is -1.02. The summed E-state index contributed by atoms with van der Waals surface area (Å²) < 4.78 is 45.4. The lowest BCUT2D eigenvalue weighted by Gasteiger charge is -2.29. The molecule has 2 heterocycles. The van der Waals surface area contributed by atoms with E-state index in [1.165, 1.54) is 52.7 Å². The molecule has 24 heteroatoms. The molecule has 0 aromatic heterocycles. The number of aliphatic hydroxyl groups is 2. The van der Waals surface area contributed by atoms with E-state index in [9.17, 15) is 49.8 Å². The average Bonchev–Trinajstić information content (AvgIpc) is 1.12. The molecule has 4 bridgehead atoms. The van der Waals surface area contributed by atoms with Crippen molar-refractivity contribution in [2.75, 3.05) is 65.5 Å². The minimum absolute atomic E-state index is 0.0407. The Kier molecular flexibility index (Phi) is 31.4. The number of phenols is 4. The topological polar surface area (TPSA) is 364 Å². The molecule has 2 aromatic carbocycles. The second-order valence-electron chi connectivity index (χ2n) is 23.0. The number of benzene rings is 2. The first-order valence-electron chi connectivity index (χ1n) is 30.2. The molecule has 2 aliphatic heterocycles. The van der Waals surface area contributed by atoms with E-state index < -0.39 is 84.7 Å². The number of aliphatic imine (C=N–C) groups is 2. The van der Waals surface area contributed by atoms with Gasteiger partial charge in [-0.15, -0.1) is 0 Å². The molecule has 498 valence electrons. The van der Waals surface area contributed by atoms with Crippen LogP contribution in [0.25, 0.3) is 0 Å². The number of anilines is 2. The van der Waals surface area contributed by atoms with Gasteiger partial charge in [0.05, 0.1) is 49.0 Å². The molecule has 24 nitrogen and oxygen atoms in total. The zero-order chi connectivity index (χ0) is 66.8. The van der Waals surface area contributed by atoms with Crippen LogP contribution in [-0.2, 0) is 60.3 Å². The third-order valence-corrected chi connectivity index (χ3v) is 15.7. The van der Waals surface area contributed by atoms with Gasteiger partial charge in [0.25, 0.3) is 11.8 Å². The van der Waals surface area contributed by atoms with Crippen LogP contribution in [0.1, 0.15) is 105 Å². The number of aliphatic hydroxyl groups excluding tert-OH is 2. The summed E-state index contributed by atoms with van der Waals surface area (Å²) in [6.45, 7) is 15.4. The largest absolute Gasteiger partial charge is 0.506 e. The van der Waals surface area contributed by atoms with E-state index in [0.29, 0.717) is 76.1 Å². The maximum atomic E-state index is 13.4. The van der Waals surface area contributed by atoms with Crippen LogP contribution in [0.5, 0.6) is 23.0 Å². The molecular weight excluding hydrogens is 1160 g/mol. The minimum Gasteiger partial charge on any atom is -0.506 e. The van der Waals surface area contributed by atoms with Gasteiger partial charge in [-0.2, -0.15) is 0 Å². The number of nitrogens with zero attached hydrogens (tertiary/aromatic N) is 2. The number of nitrogens with one attached hydrogen (secondary N) is 2. The van der Waals surface area contributed by atoms with Crippen LogP contribution in [-0.4, -0.2) is 171 Å². The number of allylic oxidation sites excluding steroid dienone is 4. The fraction of sp³-hybridized carbons (Fsp3) is 0.545. The van der Waals surface area contributed by atoms with E-state index in [0.717, 1.165) is 0 Å². The average molecular weight is 1260 g/mol. The van der Waals surface area contributed by atoms with Gasteiger partial charge in [-0.05, 0) is 89.2 Å². The summed E-state index contributed by atoms with van der Waals surface area (Å²) in [5.74, 6) is -3.81. The first kappa shape index (κ1) is 75.0. The summed E-state index contributed by atoms with van der Waals surface area (Å²) in [6, 6.07) is 2.46. The molecule has 12 atom stereocenters. The van der Waals surface area contributed by atoms with Crippen molar-refractivity contribution >= 4 is 59.2 Å². The highest BCUT2D eigenvalue weighted by Crippen LogP contribution is 2.46. The van der Waals surface area contributed by atoms with Gasteiger partial charge in [-0.1, -0.05) is 76.3 Å². The fourth-order valence-corrected chi connectivity index (χ4v) is 10.7. The van der Waals surface area contributed by atoms with E-state index in [-0.39, 0.29) is 92.7 Å². The third kappa shape index (κ3) is 22.8. The lowest BCUT2D eigenvalue weighted by molar-refractivity contribution is -0.113. The highest BCUT2D eigenvalue weighted by molar-refractivity contribution is 6.05. The number of fused-ring (bicyclic) bond motifs is 4. The Morgan fingerprint density at radius 3 is 1.29 bits per heavy atom.